The number of carbonyl (C=O) groups is 3. The molecule has 0 radical (unpaired) electrons. The van der Waals surface area contributed by atoms with E-state index in [4.69, 9.17) is 9.84 Å². The highest BCUT2D eigenvalue weighted by Crippen LogP contribution is 1.98. The summed E-state index contributed by atoms with van der Waals surface area (Å²) in [5.74, 6) is -3.12. The van der Waals surface area contributed by atoms with Crippen LogP contribution in [-0.4, -0.2) is 35.0 Å². The third-order valence-electron chi connectivity index (χ3n) is 1.71. The topological polar surface area (TPSA) is 105 Å². The second-order valence-electron chi connectivity index (χ2n) is 3.06. The van der Waals surface area contributed by atoms with Gasteiger partial charge in [-0.05, 0) is 19.4 Å². The average molecular weight is 242 g/mol. The largest absolute Gasteiger partial charge is 0.475 e. The minimum Gasteiger partial charge on any atom is -0.475 e. The van der Waals surface area contributed by atoms with Gasteiger partial charge < -0.3 is 15.2 Å². The third kappa shape index (κ3) is 6.08. The Morgan fingerprint density at radius 3 is 2.53 bits per heavy atom. The molecule has 7 heteroatoms. The molecule has 0 rings (SSSR count). The lowest BCUT2D eigenvalue weighted by molar-refractivity contribution is -0.130. The number of nitrogens with one attached hydrogen (secondary N) is 1. The van der Waals surface area contributed by atoms with Crippen LogP contribution in [0.5, 0.6) is 0 Å². The maximum Gasteiger partial charge on any atom is 0.436 e. The molecule has 1 unspecified atom stereocenters. The van der Waals surface area contributed by atoms with Crippen LogP contribution < -0.4 is 5.32 Å². The second kappa shape index (κ2) is 7.15. The highest BCUT2D eigenvalue weighted by Gasteiger charge is 2.15. The van der Waals surface area contributed by atoms with E-state index in [0.29, 0.717) is 6.42 Å². The number of carboxylic acid groups (broad SMARTS) is 1. The van der Waals surface area contributed by atoms with Crippen LogP contribution in [0.2, 0.25) is 0 Å². The highest BCUT2D eigenvalue weighted by atomic mass is 16.6. The van der Waals surface area contributed by atoms with Crippen LogP contribution in [0, 0.1) is 0 Å². The van der Waals surface area contributed by atoms with Crippen molar-refractivity contribution in [1.29, 1.82) is 0 Å². The first-order valence-corrected chi connectivity index (χ1v) is 4.86. The zero-order valence-electron chi connectivity index (χ0n) is 9.60. The maximum atomic E-state index is 11.1. The van der Waals surface area contributed by atoms with Crippen molar-refractivity contribution in [2.75, 3.05) is 0 Å². The molecule has 1 atom stereocenters. The molecule has 0 heterocycles. The van der Waals surface area contributed by atoms with Gasteiger partial charge in [0.2, 0.25) is 11.7 Å². The Kier molecular flexibility index (Phi) is 6.24. The molecule has 7 nitrogen and oxygen atoms in total. The fraction of sp³-hybridized carbons (Fsp3) is 0.400. The minimum atomic E-state index is -1.54. The number of rotatable bonds is 3. The molecule has 94 valence electrons. The first-order chi connectivity index (χ1) is 7.90. The molecule has 0 aromatic carbocycles. The van der Waals surface area contributed by atoms with Crippen molar-refractivity contribution in [2.45, 2.75) is 26.4 Å². The van der Waals surface area contributed by atoms with Crippen molar-refractivity contribution < 1.29 is 24.2 Å². The molecule has 0 spiro atoms. The lowest BCUT2D eigenvalue weighted by Gasteiger charge is -2.08. The molecule has 0 saturated heterocycles. The molecular weight excluding hydrogens is 228 g/mol. The van der Waals surface area contributed by atoms with Crippen LogP contribution in [0.3, 0.4) is 0 Å². The van der Waals surface area contributed by atoms with Gasteiger partial charge in [0, 0.05) is 0 Å². The van der Waals surface area contributed by atoms with Gasteiger partial charge in [-0.1, -0.05) is 13.5 Å². The summed E-state index contributed by atoms with van der Waals surface area (Å²) in [6.45, 7) is 6.56. The van der Waals surface area contributed by atoms with Gasteiger partial charge >= 0.3 is 12.1 Å². The number of hydrogen-bond acceptors (Lipinski definition) is 4. The fourth-order valence-electron chi connectivity index (χ4n) is 0.670. The monoisotopic (exact) mass is 242 g/mol. The number of hydrogen-bond donors (Lipinski definition) is 2. The van der Waals surface area contributed by atoms with E-state index in [9.17, 15) is 14.4 Å². The molecule has 2 amide bonds. The Bertz CT molecular complexity index is 362. The van der Waals surface area contributed by atoms with E-state index in [0.717, 1.165) is 6.08 Å². The summed E-state index contributed by atoms with van der Waals surface area (Å²) < 4.78 is 4.73. The third-order valence-corrected chi connectivity index (χ3v) is 1.71. The molecule has 0 bridgehead atoms. The number of aliphatic imine (C=N–C) groups is 1. The Balaban J connectivity index is 4.69. The van der Waals surface area contributed by atoms with Gasteiger partial charge in [0.25, 0.3) is 0 Å². The minimum absolute atomic E-state index is 0.378. The van der Waals surface area contributed by atoms with E-state index in [1.54, 1.807) is 13.8 Å². The Hall–Kier alpha value is -2.18. The van der Waals surface area contributed by atoms with Gasteiger partial charge in [0.15, 0.2) is 0 Å². The molecule has 0 saturated carbocycles. The number of ether oxygens (including phenoxy) is 1. The van der Waals surface area contributed by atoms with E-state index >= 15 is 0 Å². The van der Waals surface area contributed by atoms with Crippen LogP contribution >= 0.6 is 0 Å². The highest BCUT2D eigenvalue weighted by molar-refractivity contribution is 6.39. The van der Waals surface area contributed by atoms with Gasteiger partial charge in [0.1, 0.15) is 6.10 Å². The Morgan fingerprint density at radius 2 is 2.12 bits per heavy atom. The first-order valence-electron chi connectivity index (χ1n) is 4.86. The zero-order valence-corrected chi connectivity index (χ0v) is 9.60. The van der Waals surface area contributed by atoms with Crippen LogP contribution in [-0.2, 0) is 14.3 Å². The Labute approximate surface area is 98.2 Å². The molecule has 0 aromatic heterocycles. The van der Waals surface area contributed by atoms with Gasteiger partial charge in [-0.3, -0.25) is 4.79 Å². The van der Waals surface area contributed by atoms with Crippen LogP contribution in [0.15, 0.2) is 17.6 Å². The summed E-state index contributed by atoms with van der Waals surface area (Å²) >= 11 is 0. The lowest BCUT2D eigenvalue weighted by Crippen LogP contribution is -2.36. The van der Waals surface area contributed by atoms with E-state index < -0.39 is 23.8 Å². The molecule has 0 aliphatic heterocycles. The van der Waals surface area contributed by atoms with Crippen molar-refractivity contribution >= 4 is 23.8 Å². The van der Waals surface area contributed by atoms with Crippen LogP contribution in [0.1, 0.15) is 20.3 Å². The normalized spacial score (nSPS) is 12.5. The number of amidine groups is 1. The summed E-state index contributed by atoms with van der Waals surface area (Å²) in [7, 11) is 0. The smallest absolute Gasteiger partial charge is 0.436 e. The summed E-state index contributed by atoms with van der Waals surface area (Å²) in [4.78, 5) is 35.8. The lowest BCUT2D eigenvalue weighted by atomic mass is 10.3. The van der Waals surface area contributed by atoms with Gasteiger partial charge in [-0.2, -0.15) is 0 Å². The number of amides is 2. The SMILES string of the molecule is C=CC(=O)NC(=NC(=O)OC(C)CC)C(=O)O. The predicted octanol–water partition coefficient (Wildman–Crippen LogP) is 0.707. The van der Waals surface area contributed by atoms with E-state index in [2.05, 4.69) is 11.6 Å². The predicted molar refractivity (Wildman–Crippen MR) is 59.6 cm³/mol. The molecule has 0 aliphatic rings. The molecule has 2 N–H and O–H groups in total. The molecule has 0 fully saturated rings. The number of carbonyl (C=O) groups excluding carboxylic acids is 2. The van der Waals surface area contributed by atoms with E-state index in [1.165, 1.54) is 0 Å². The second-order valence-corrected chi connectivity index (χ2v) is 3.06. The standard InChI is InChI=1S/C10H14N2O5/c1-4-6(3)17-10(16)12-8(9(14)15)11-7(13)5-2/h5-6H,2,4H2,1,3H3,(H,14,15)(H,11,12,13,16). The average Bonchev–Trinajstić information content (AvgIpc) is 2.27. The van der Waals surface area contributed by atoms with Crippen molar-refractivity contribution in [1.82, 2.24) is 5.32 Å². The summed E-state index contributed by atoms with van der Waals surface area (Å²) in [6, 6.07) is 0. The number of carboxylic acids is 1. The summed E-state index contributed by atoms with van der Waals surface area (Å²) in [5, 5.41) is 10.6. The zero-order chi connectivity index (χ0) is 13.4. The van der Waals surface area contributed by atoms with Gasteiger partial charge in [-0.25, -0.2) is 9.59 Å². The van der Waals surface area contributed by atoms with Crippen molar-refractivity contribution in [2.24, 2.45) is 4.99 Å². The summed E-state index contributed by atoms with van der Waals surface area (Å²) in [5.41, 5.74) is 0. The van der Waals surface area contributed by atoms with Crippen LogP contribution in [0.4, 0.5) is 4.79 Å². The first kappa shape index (κ1) is 14.8. The molecule has 0 aromatic rings. The Morgan fingerprint density at radius 1 is 1.53 bits per heavy atom. The number of nitrogens with zero attached hydrogens (tertiary/aromatic N) is 1. The van der Waals surface area contributed by atoms with E-state index in [-0.39, 0.29) is 6.10 Å². The summed E-state index contributed by atoms with van der Waals surface area (Å²) in [6.07, 6.45) is -0.0151. The molecule has 17 heavy (non-hydrogen) atoms. The van der Waals surface area contributed by atoms with Crippen molar-refractivity contribution in [3.05, 3.63) is 12.7 Å². The van der Waals surface area contributed by atoms with Crippen LogP contribution in [0.25, 0.3) is 0 Å². The van der Waals surface area contributed by atoms with Crippen molar-refractivity contribution in [3.63, 3.8) is 0 Å². The van der Waals surface area contributed by atoms with Gasteiger partial charge in [0.05, 0.1) is 0 Å². The quantitative estimate of drug-likeness (QED) is 0.430. The number of aliphatic carboxylic acids is 1. The molecule has 0 aliphatic carbocycles. The van der Waals surface area contributed by atoms with Crippen molar-refractivity contribution in [3.8, 4) is 0 Å². The fourth-order valence-corrected chi connectivity index (χ4v) is 0.670. The van der Waals surface area contributed by atoms with Gasteiger partial charge in [-0.15, -0.1) is 4.99 Å². The molecular formula is C10H14N2O5. The maximum absolute atomic E-state index is 11.1. The van der Waals surface area contributed by atoms with E-state index in [1.807, 2.05) is 5.32 Å².